The second-order valence-corrected chi connectivity index (χ2v) is 7.50. The summed E-state index contributed by atoms with van der Waals surface area (Å²) in [7, 11) is 3.36. The summed E-state index contributed by atoms with van der Waals surface area (Å²) in [5.74, 6) is 1.64. The van der Waals surface area contributed by atoms with Gasteiger partial charge >= 0.3 is 0 Å². The molecule has 1 unspecified atom stereocenters. The van der Waals surface area contributed by atoms with Crippen LogP contribution >= 0.6 is 11.3 Å². The van der Waals surface area contributed by atoms with Crippen molar-refractivity contribution in [2.24, 2.45) is 0 Å². The van der Waals surface area contributed by atoms with Crippen LogP contribution in [0.3, 0.4) is 0 Å². The van der Waals surface area contributed by atoms with Crippen LogP contribution in [0, 0.1) is 0 Å². The molecule has 1 saturated heterocycles. The molecule has 1 fully saturated rings. The predicted molar refractivity (Wildman–Crippen MR) is 105 cm³/mol. The number of ether oxygens (including phenoxy) is 2. The summed E-state index contributed by atoms with van der Waals surface area (Å²) in [5.41, 5.74) is 2.55. The number of hydrogen-bond acceptors (Lipinski definition) is 6. The lowest BCUT2D eigenvalue weighted by Gasteiger charge is -2.41. The van der Waals surface area contributed by atoms with Gasteiger partial charge in [-0.1, -0.05) is 0 Å². The third-order valence-corrected chi connectivity index (χ3v) is 5.67. The molecule has 142 valence electrons. The molecule has 1 aromatic heterocycles. The van der Waals surface area contributed by atoms with E-state index in [2.05, 4.69) is 38.8 Å². The quantitative estimate of drug-likeness (QED) is 0.768. The maximum Gasteiger partial charge on any atom is 0.122 e. The molecule has 2 heterocycles. The van der Waals surface area contributed by atoms with Crippen LogP contribution < -0.4 is 9.47 Å². The molecule has 0 saturated carbocycles. The standard InChI is InChI=1S/C20H28N2O3S/c1-24-19-9-17(10-20(11-19)25-2)12-21-5-6-22(18(14-21)3-7-23)13-16-4-8-26-15-16/h4,8-11,15,18,23H,3,5-7,12-14H2,1-2H3. The van der Waals surface area contributed by atoms with Crippen molar-refractivity contribution >= 4 is 11.3 Å². The summed E-state index contributed by atoms with van der Waals surface area (Å²) in [6, 6.07) is 8.61. The van der Waals surface area contributed by atoms with Crippen LogP contribution in [0.1, 0.15) is 17.5 Å². The van der Waals surface area contributed by atoms with Gasteiger partial charge < -0.3 is 14.6 Å². The van der Waals surface area contributed by atoms with E-state index in [1.54, 1.807) is 25.6 Å². The predicted octanol–water partition coefficient (Wildman–Crippen LogP) is 2.83. The number of benzene rings is 1. The second-order valence-electron chi connectivity index (χ2n) is 6.72. The Morgan fingerprint density at radius 3 is 2.46 bits per heavy atom. The fourth-order valence-electron chi connectivity index (χ4n) is 3.56. The first-order valence-corrected chi connectivity index (χ1v) is 9.96. The minimum absolute atomic E-state index is 0.228. The first-order valence-electron chi connectivity index (χ1n) is 9.02. The Morgan fingerprint density at radius 2 is 1.85 bits per heavy atom. The lowest BCUT2D eigenvalue weighted by atomic mass is 10.1. The largest absolute Gasteiger partial charge is 0.497 e. The van der Waals surface area contributed by atoms with Crippen molar-refractivity contribution < 1.29 is 14.6 Å². The van der Waals surface area contributed by atoms with Gasteiger partial charge in [-0.05, 0) is 46.5 Å². The summed E-state index contributed by atoms with van der Waals surface area (Å²) in [6.07, 6.45) is 0.808. The van der Waals surface area contributed by atoms with E-state index < -0.39 is 0 Å². The van der Waals surface area contributed by atoms with E-state index in [-0.39, 0.29) is 6.61 Å². The first kappa shape index (κ1) is 19.2. The molecule has 0 amide bonds. The van der Waals surface area contributed by atoms with Gasteiger partial charge in [-0.2, -0.15) is 11.3 Å². The number of aliphatic hydroxyl groups excluding tert-OH is 1. The van der Waals surface area contributed by atoms with E-state index >= 15 is 0 Å². The molecule has 1 aliphatic heterocycles. The number of methoxy groups -OCH3 is 2. The van der Waals surface area contributed by atoms with Crippen LogP contribution in [0.5, 0.6) is 11.5 Å². The monoisotopic (exact) mass is 376 g/mol. The SMILES string of the molecule is COc1cc(CN2CCN(Cc3ccsc3)C(CCO)C2)cc(OC)c1. The van der Waals surface area contributed by atoms with Gasteiger partial charge in [0, 0.05) is 51.4 Å². The zero-order valence-corrected chi connectivity index (χ0v) is 16.4. The normalized spacial score (nSPS) is 18.8. The summed E-state index contributed by atoms with van der Waals surface area (Å²) >= 11 is 1.74. The molecule has 0 radical (unpaired) electrons. The summed E-state index contributed by atoms with van der Waals surface area (Å²) in [5, 5.41) is 13.8. The topological polar surface area (TPSA) is 45.2 Å². The third kappa shape index (κ3) is 4.98. The molecule has 1 aliphatic rings. The molecular formula is C20H28N2O3S. The van der Waals surface area contributed by atoms with Gasteiger partial charge in [0.05, 0.1) is 14.2 Å². The number of aliphatic hydroxyl groups is 1. The number of piperazine rings is 1. The van der Waals surface area contributed by atoms with E-state index in [0.29, 0.717) is 6.04 Å². The van der Waals surface area contributed by atoms with E-state index in [4.69, 9.17) is 9.47 Å². The number of thiophene rings is 1. The van der Waals surface area contributed by atoms with Crippen LogP contribution in [-0.2, 0) is 13.1 Å². The van der Waals surface area contributed by atoms with E-state index in [1.165, 1.54) is 11.1 Å². The highest BCUT2D eigenvalue weighted by Gasteiger charge is 2.26. The molecule has 1 atom stereocenters. The maximum atomic E-state index is 9.50. The van der Waals surface area contributed by atoms with E-state index in [1.807, 2.05) is 6.07 Å². The van der Waals surface area contributed by atoms with Gasteiger partial charge in [0.2, 0.25) is 0 Å². The minimum Gasteiger partial charge on any atom is -0.497 e. The highest BCUT2D eigenvalue weighted by Crippen LogP contribution is 2.25. The maximum absolute atomic E-state index is 9.50. The average Bonchev–Trinajstić information content (AvgIpc) is 3.17. The summed E-state index contributed by atoms with van der Waals surface area (Å²) in [6.45, 7) is 5.06. The van der Waals surface area contributed by atoms with Gasteiger partial charge in [-0.3, -0.25) is 9.80 Å². The molecule has 0 bridgehead atoms. The Morgan fingerprint density at radius 1 is 1.08 bits per heavy atom. The molecule has 3 rings (SSSR count). The molecule has 2 aromatic rings. The van der Waals surface area contributed by atoms with Crippen molar-refractivity contribution in [3.63, 3.8) is 0 Å². The molecule has 6 heteroatoms. The van der Waals surface area contributed by atoms with Crippen LogP contribution in [0.4, 0.5) is 0 Å². The highest BCUT2D eigenvalue weighted by molar-refractivity contribution is 7.07. The van der Waals surface area contributed by atoms with Crippen molar-refractivity contribution in [1.82, 2.24) is 9.80 Å². The van der Waals surface area contributed by atoms with Gasteiger partial charge in [0.15, 0.2) is 0 Å². The summed E-state index contributed by atoms with van der Waals surface area (Å²) in [4.78, 5) is 4.96. The van der Waals surface area contributed by atoms with Crippen molar-refractivity contribution in [3.8, 4) is 11.5 Å². The Balaban J connectivity index is 1.65. The van der Waals surface area contributed by atoms with Crippen molar-refractivity contribution in [1.29, 1.82) is 0 Å². The smallest absolute Gasteiger partial charge is 0.122 e. The molecule has 0 aliphatic carbocycles. The van der Waals surface area contributed by atoms with Gasteiger partial charge in [0.1, 0.15) is 11.5 Å². The molecular weight excluding hydrogens is 348 g/mol. The molecule has 1 N–H and O–H groups in total. The fourth-order valence-corrected chi connectivity index (χ4v) is 4.22. The fraction of sp³-hybridized carbons (Fsp3) is 0.500. The Labute approximate surface area is 159 Å². The van der Waals surface area contributed by atoms with Crippen LogP contribution in [0.15, 0.2) is 35.0 Å². The lowest BCUT2D eigenvalue weighted by molar-refractivity contribution is 0.0500. The number of rotatable bonds is 8. The van der Waals surface area contributed by atoms with Crippen molar-refractivity contribution in [2.45, 2.75) is 25.6 Å². The Kier molecular flexibility index (Phi) is 6.91. The van der Waals surface area contributed by atoms with E-state index in [0.717, 1.165) is 50.6 Å². The first-order chi connectivity index (χ1) is 12.7. The second kappa shape index (κ2) is 9.37. The van der Waals surface area contributed by atoms with Crippen LogP contribution in [0.25, 0.3) is 0 Å². The Hall–Kier alpha value is -1.60. The third-order valence-electron chi connectivity index (χ3n) is 4.93. The Bertz CT molecular complexity index is 655. The van der Waals surface area contributed by atoms with Gasteiger partial charge in [0.25, 0.3) is 0 Å². The van der Waals surface area contributed by atoms with Crippen molar-refractivity contribution in [3.05, 3.63) is 46.2 Å². The highest BCUT2D eigenvalue weighted by atomic mass is 32.1. The molecule has 0 spiro atoms. The average molecular weight is 377 g/mol. The molecule has 26 heavy (non-hydrogen) atoms. The lowest BCUT2D eigenvalue weighted by Crippen LogP contribution is -2.52. The zero-order valence-electron chi connectivity index (χ0n) is 15.6. The van der Waals surface area contributed by atoms with Gasteiger partial charge in [-0.25, -0.2) is 0 Å². The number of hydrogen-bond donors (Lipinski definition) is 1. The van der Waals surface area contributed by atoms with Gasteiger partial charge in [-0.15, -0.1) is 0 Å². The van der Waals surface area contributed by atoms with Crippen LogP contribution in [-0.4, -0.2) is 61.4 Å². The molecule has 1 aromatic carbocycles. The van der Waals surface area contributed by atoms with E-state index in [9.17, 15) is 5.11 Å². The van der Waals surface area contributed by atoms with Crippen molar-refractivity contribution in [2.75, 3.05) is 40.5 Å². The minimum atomic E-state index is 0.228. The molecule has 5 nitrogen and oxygen atoms in total. The summed E-state index contributed by atoms with van der Waals surface area (Å²) < 4.78 is 10.8. The van der Waals surface area contributed by atoms with Crippen LogP contribution in [0.2, 0.25) is 0 Å². The number of nitrogens with zero attached hydrogens (tertiary/aromatic N) is 2. The zero-order chi connectivity index (χ0) is 18.4.